The first-order valence-corrected chi connectivity index (χ1v) is 6.32. The second kappa shape index (κ2) is 7.56. The Hall–Kier alpha value is -1.85. The molecule has 1 aliphatic rings. The van der Waals surface area contributed by atoms with Gasteiger partial charge in [-0.05, 0) is 12.8 Å². The van der Waals surface area contributed by atoms with Crippen LogP contribution in [0.5, 0.6) is 0 Å². The number of carbonyl (C=O) groups excluding carboxylic acids is 3. The number of nitrogens with one attached hydrogen (secondary N) is 1. The number of hydrogen-bond donors (Lipinski definition) is 1. The Balaban J connectivity index is 2.35. The third kappa shape index (κ3) is 5.11. The topological polar surface area (TPSA) is 75.7 Å². The van der Waals surface area contributed by atoms with Gasteiger partial charge in [0.05, 0.1) is 13.0 Å². The van der Waals surface area contributed by atoms with Crippen LogP contribution >= 0.6 is 0 Å². The predicted molar refractivity (Wildman–Crippen MR) is 69.1 cm³/mol. The Morgan fingerprint density at radius 1 is 1.42 bits per heavy atom. The van der Waals surface area contributed by atoms with Gasteiger partial charge in [-0.15, -0.1) is 0 Å². The molecule has 106 valence electrons. The van der Waals surface area contributed by atoms with E-state index in [4.69, 9.17) is 0 Å². The van der Waals surface area contributed by atoms with Crippen molar-refractivity contribution in [3.8, 4) is 0 Å². The summed E-state index contributed by atoms with van der Waals surface area (Å²) >= 11 is 0. The van der Waals surface area contributed by atoms with Crippen LogP contribution in [-0.2, 0) is 19.1 Å². The van der Waals surface area contributed by atoms with E-state index in [9.17, 15) is 14.4 Å². The molecule has 0 aromatic rings. The van der Waals surface area contributed by atoms with Crippen molar-refractivity contribution in [2.75, 3.05) is 26.7 Å². The standard InChI is InChI=1S/C13H20N2O4/c1-10(16)15-8-4-5-11(9-15)13(18)14-7-3-6-12(17)19-2/h3,6,11H,4-5,7-9H2,1-2H3,(H,14,18)/b6-3+. The highest BCUT2D eigenvalue weighted by Gasteiger charge is 2.26. The highest BCUT2D eigenvalue weighted by molar-refractivity contribution is 5.82. The van der Waals surface area contributed by atoms with Gasteiger partial charge in [0.25, 0.3) is 0 Å². The first-order valence-electron chi connectivity index (χ1n) is 6.32. The highest BCUT2D eigenvalue weighted by atomic mass is 16.5. The van der Waals surface area contributed by atoms with E-state index in [-0.39, 0.29) is 24.3 Å². The van der Waals surface area contributed by atoms with E-state index in [0.717, 1.165) is 19.4 Å². The van der Waals surface area contributed by atoms with Crippen LogP contribution in [0.25, 0.3) is 0 Å². The molecule has 1 N–H and O–H groups in total. The Morgan fingerprint density at radius 2 is 2.16 bits per heavy atom. The first kappa shape index (κ1) is 15.2. The van der Waals surface area contributed by atoms with Gasteiger partial charge in [0, 0.05) is 32.6 Å². The number of amides is 2. The summed E-state index contributed by atoms with van der Waals surface area (Å²) in [4.78, 5) is 35.7. The molecule has 1 fully saturated rings. The molecule has 0 aromatic heterocycles. The van der Waals surface area contributed by atoms with Crippen molar-refractivity contribution in [3.63, 3.8) is 0 Å². The molecule has 1 atom stereocenters. The SMILES string of the molecule is COC(=O)/C=C/CNC(=O)C1CCCN(C(C)=O)C1. The fraction of sp³-hybridized carbons (Fsp3) is 0.615. The van der Waals surface area contributed by atoms with Crippen LogP contribution in [0.15, 0.2) is 12.2 Å². The number of likely N-dealkylation sites (tertiary alicyclic amines) is 1. The number of nitrogens with zero attached hydrogens (tertiary/aromatic N) is 1. The van der Waals surface area contributed by atoms with Crippen LogP contribution in [0.2, 0.25) is 0 Å². The van der Waals surface area contributed by atoms with E-state index in [1.54, 1.807) is 4.90 Å². The zero-order valence-electron chi connectivity index (χ0n) is 11.3. The molecule has 1 heterocycles. The van der Waals surface area contributed by atoms with E-state index in [1.165, 1.54) is 26.2 Å². The average Bonchev–Trinajstić information content (AvgIpc) is 2.43. The van der Waals surface area contributed by atoms with Gasteiger partial charge in [-0.25, -0.2) is 4.79 Å². The summed E-state index contributed by atoms with van der Waals surface area (Å²) in [5, 5.41) is 2.72. The minimum atomic E-state index is -0.449. The normalized spacial score (nSPS) is 19.3. The van der Waals surface area contributed by atoms with E-state index in [1.807, 2.05) is 0 Å². The maximum absolute atomic E-state index is 11.9. The van der Waals surface area contributed by atoms with Crippen molar-refractivity contribution in [1.82, 2.24) is 10.2 Å². The molecule has 1 rings (SSSR count). The second-order valence-corrected chi connectivity index (χ2v) is 4.47. The molecule has 6 nitrogen and oxygen atoms in total. The second-order valence-electron chi connectivity index (χ2n) is 4.47. The maximum atomic E-state index is 11.9. The number of carbonyl (C=O) groups is 3. The summed E-state index contributed by atoms with van der Waals surface area (Å²) in [6.07, 6.45) is 4.43. The van der Waals surface area contributed by atoms with Crippen molar-refractivity contribution in [2.24, 2.45) is 5.92 Å². The van der Waals surface area contributed by atoms with E-state index >= 15 is 0 Å². The largest absolute Gasteiger partial charge is 0.466 e. The van der Waals surface area contributed by atoms with Crippen molar-refractivity contribution >= 4 is 17.8 Å². The smallest absolute Gasteiger partial charge is 0.330 e. The monoisotopic (exact) mass is 268 g/mol. The molecule has 6 heteroatoms. The summed E-state index contributed by atoms with van der Waals surface area (Å²) in [5.41, 5.74) is 0. The lowest BCUT2D eigenvalue weighted by atomic mass is 9.97. The number of methoxy groups -OCH3 is 1. The van der Waals surface area contributed by atoms with Gasteiger partial charge in [0.15, 0.2) is 0 Å². The lowest BCUT2D eigenvalue weighted by Gasteiger charge is -2.31. The van der Waals surface area contributed by atoms with Gasteiger partial charge < -0.3 is 15.0 Å². The van der Waals surface area contributed by atoms with Gasteiger partial charge in [-0.1, -0.05) is 6.08 Å². The fourth-order valence-corrected chi connectivity index (χ4v) is 2.00. The highest BCUT2D eigenvalue weighted by Crippen LogP contribution is 2.16. The van der Waals surface area contributed by atoms with E-state index in [2.05, 4.69) is 10.1 Å². The van der Waals surface area contributed by atoms with Crippen LogP contribution in [-0.4, -0.2) is 49.4 Å². The van der Waals surface area contributed by atoms with Crippen LogP contribution in [0, 0.1) is 5.92 Å². The predicted octanol–water partition coefficient (Wildman–Crippen LogP) is 0.0903. The van der Waals surface area contributed by atoms with Gasteiger partial charge in [-0.3, -0.25) is 9.59 Å². The van der Waals surface area contributed by atoms with Crippen molar-refractivity contribution in [1.29, 1.82) is 0 Å². The number of esters is 1. The molecule has 2 amide bonds. The fourth-order valence-electron chi connectivity index (χ4n) is 2.00. The zero-order chi connectivity index (χ0) is 14.3. The molecule has 0 radical (unpaired) electrons. The minimum absolute atomic E-state index is 0.00286. The number of ether oxygens (including phenoxy) is 1. The molecule has 19 heavy (non-hydrogen) atoms. The Morgan fingerprint density at radius 3 is 2.79 bits per heavy atom. The molecule has 1 unspecified atom stereocenters. The third-order valence-electron chi connectivity index (χ3n) is 3.09. The Kier molecular flexibility index (Phi) is 6.05. The molecule has 0 saturated carbocycles. The molecule has 1 aliphatic heterocycles. The van der Waals surface area contributed by atoms with Crippen LogP contribution in [0.3, 0.4) is 0 Å². The maximum Gasteiger partial charge on any atom is 0.330 e. The van der Waals surface area contributed by atoms with Crippen molar-refractivity contribution in [3.05, 3.63) is 12.2 Å². The van der Waals surface area contributed by atoms with Gasteiger partial charge in [-0.2, -0.15) is 0 Å². The number of piperidine rings is 1. The van der Waals surface area contributed by atoms with Crippen LogP contribution in [0.4, 0.5) is 0 Å². The summed E-state index contributed by atoms with van der Waals surface area (Å²) < 4.78 is 4.43. The van der Waals surface area contributed by atoms with Crippen LogP contribution in [0.1, 0.15) is 19.8 Å². The summed E-state index contributed by atoms with van der Waals surface area (Å²) in [7, 11) is 1.30. The molecular formula is C13H20N2O4. The summed E-state index contributed by atoms with van der Waals surface area (Å²) in [5.74, 6) is -0.692. The Labute approximate surface area is 112 Å². The Bertz CT molecular complexity index is 379. The average molecular weight is 268 g/mol. The molecule has 1 saturated heterocycles. The van der Waals surface area contributed by atoms with E-state index in [0.29, 0.717) is 6.54 Å². The zero-order valence-corrected chi connectivity index (χ0v) is 11.3. The first-order chi connectivity index (χ1) is 9.04. The van der Waals surface area contributed by atoms with Crippen molar-refractivity contribution in [2.45, 2.75) is 19.8 Å². The summed E-state index contributed by atoms with van der Waals surface area (Å²) in [6, 6.07) is 0. The van der Waals surface area contributed by atoms with Crippen molar-refractivity contribution < 1.29 is 19.1 Å². The number of hydrogen-bond acceptors (Lipinski definition) is 4. The minimum Gasteiger partial charge on any atom is -0.466 e. The van der Waals surface area contributed by atoms with Gasteiger partial charge >= 0.3 is 5.97 Å². The summed E-state index contributed by atoms with van der Waals surface area (Å²) in [6.45, 7) is 2.99. The van der Waals surface area contributed by atoms with Gasteiger partial charge in [0.1, 0.15) is 0 Å². The van der Waals surface area contributed by atoms with Crippen LogP contribution < -0.4 is 5.32 Å². The lowest BCUT2D eigenvalue weighted by Crippen LogP contribution is -2.44. The van der Waals surface area contributed by atoms with Gasteiger partial charge in [0.2, 0.25) is 11.8 Å². The third-order valence-corrected chi connectivity index (χ3v) is 3.09. The molecule has 0 bridgehead atoms. The molecule has 0 aromatic carbocycles. The number of rotatable bonds is 4. The van der Waals surface area contributed by atoms with E-state index < -0.39 is 5.97 Å². The molecule has 0 aliphatic carbocycles. The quantitative estimate of drug-likeness (QED) is 0.579. The molecule has 0 spiro atoms. The molecular weight excluding hydrogens is 248 g/mol. The lowest BCUT2D eigenvalue weighted by molar-refractivity contribution is -0.135.